The second-order valence-electron chi connectivity index (χ2n) is 4.14. The van der Waals surface area contributed by atoms with Crippen molar-refractivity contribution in [1.29, 1.82) is 0 Å². The number of halogens is 1. The van der Waals surface area contributed by atoms with Gasteiger partial charge in [-0.25, -0.2) is 9.37 Å². The minimum atomic E-state index is -0.315. The summed E-state index contributed by atoms with van der Waals surface area (Å²) in [6, 6.07) is 8.15. The zero-order valence-corrected chi connectivity index (χ0v) is 11.5. The van der Waals surface area contributed by atoms with E-state index in [0.29, 0.717) is 24.8 Å². The van der Waals surface area contributed by atoms with Gasteiger partial charge in [0.15, 0.2) is 0 Å². The molecular formula is C15H17FN2O2. The van der Waals surface area contributed by atoms with Crippen LogP contribution < -0.4 is 14.8 Å². The highest BCUT2D eigenvalue weighted by Crippen LogP contribution is 2.26. The largest absolute Gasteiger partial charge is 0.492 e. The molecule has 0 saturated heterocycles. The molecule has 0 saturated carbocycles. The highest BCUT2D eigenvalue weighted by atomic mass is 19.1. The number of benzene rings is 1. The molecule has 1 aromatic carbocycles. The van der Waals surface area contributed by atoms with E-state index >= 15 is 0 Å². The summed E-state index contributed by atoms with van der Waals surface area (Å²) < 4.78 is 23.6. The van der Waals surface area contributed by atoms with E-state index in [1.54, 1.807) is 25.4 Å². The lowest BCUT2D eigenvalue weighted by Gasteiger charge is -2.12. The number of hydrogen-bond donors (Lipinski definition) is 1. The van der Waals surface area contributed by atoms with Crippen molar-refractivity contribution in [2.45, 2.75) is 13.5 Å². The predicted molar refractivity (Wildman–Crippen MR) is 75.7 cm³/mol. The standard InChI is InChI=1S/C15H17FN2O2/c1-3-20-14-8-12(16)5-6-13(14)17-9-11-4-7-15(19-2)18-10-11/h4-8,10,17H,3,9H2,1-2H3. The van der Waals surface area contributed by atoms with E-state index in [1.807, 2.05) is 13.0 Å². The van der Waals surface area contributed by atoms with Gasteiger partial charge in [0.1, 0.15) is 11.6 Å². The highest BCUT2D eigenvalue weighted by molar-refractivity contribution is 5.56. The summed E-state index contributed by atoms with van der Waals surface area (Å²) in [4.78, 5) is 4.13. The Hall–Kier alpha value is -2.30. The summed E-state index contributed by atoms with van der Waals surface area (Å²) in [6.45, 7) is 2.92. The third-order valence-electron chi connectivity index (χ3n) is 2.73. The molecule has 2 aromatic rings. The zero-order valence-electron chi connectivity index (χ0n) is 11.5. The number of hydrogen-bond acceptors (Lipinski definition) is 4. The lowest BCUT2D eigenvalue weighted by atomic mass is 10.2. The third-order valence-corrected chi connectivity index (χ3v) is 2.73. The molecule has 5 heteroatoms. The van der Waals surface area contributed by atoms with Gasteiger partial charge in [0, 0.05) is 24.9 Å². The Labute approximate surface area is 117 Å². The molecule has 0 unspecified atom stereocenters. The van der Waals surface area contributed by atoms with Crippen LogP contribution in [0.15, 0.2) is 36.5 Å². The molecule has 4 nitrogen and oxygen atoms in total. The highest BCUT2D eigenvalue weighted by Gasteiger charge is 2.05. The fourth-order valence-corrected chi connectivity index (χ4v) is 1.75. The van der Waals surface area contributed by atoms with Gasteiger partial charge in [-0.3, -0.25) is 0 Å². The van der Waals surface area contributed by atoms with Crippen LogP contribution in [0.1, 0.15) is 12.5 Å². The molecule has 0 spiro atoms. The van der Waals surface area contributed by atoms with Crippen LogP contribution in [0.2, 0.25) is 0 Å². The monoisotopic (exact) mass is 276 g/mol. The third kappa shape index (κ3) is 3.60. The van der Waals surface area contributed by atoms with Gasteiger partial charge in [-0.1, -0.05) is 6.07 Å². The van der Waals surface area contributed by atoms with Gasteiger partial charge in [-0.2, -0.15) is 0 Å². The van der Waals surface area contributed by atoms with Crippen molar-refractivity contribution in [2.24, 2.45) is 0 Å². The van der Waals surface area contributed by atoms with E-state index in [1.165, 1.54) is 12.1 Å². The van der Waals surface area contributed by atoms with Crippen LogP contribution in [-0.4, -0.2) is 18.7 Å². The van der Waals surface area contributed by atoms with E-state index in [2.05, 4.69) is 10.3 Å². The molecule has 0 amide bonds. The number of nitrogens with one attached hydrogen (secondary N) is 1. The Kier molecular flexibility index (Phi) is 4.76. The van der Waals surface area contributed by atoms with Crippen LogP contribution in [0.25, 0.3) is 0 Å². The Bertz CT molecular complexity index is 558. The van der Waals surface area contributed by atoms with Crippen molar-refractivity contribution < 1.29 is 13.9 Å². The van der Waals surface area contributed by atoms with Crippen molar-refractivity contribution in [1.82, 2.24) is 4.98 Å². The molecule has 0 aliphatic carbocycles. The summed E-state index contributed by atoms with van der Waals surface area (Å²) in [6.07, 6.45) is 1.73. The van der Waals surface area contributed by atoms with Crippen LogP contribution >= 0.6 is 0 Å². The molecular weight excluding hydrogens is 259 g/mol. The molecule has 20 heavy (non-hydrogen) atoms. The number of pyridine rings is 1. The smallest absolute Gasteiger partial charge is 0.212 e. The van der Waals surface area contributed by atoms with E-state index in [4.69, 9.17) is 9.47 Å². The minimum absolute atomic E-state index is 0.315. The molecule has 2 rings (SSSR count). The maximum atomic E-state index is 13.2. The molecule has 0 atom stereocenters. The summed E-state index contributed by atoms with van der Waals surface area (Å²) in [5.41, 5.74) is 1.75. The number of aromatic nitrogens is 1. The molecule has 1 aromatic heterocycles. The van der Waals surface area contributed by atoms with Crippen molar-refractivity contribution >= 4 is 5.69 Å². The van der Waals surface area contributed by atoms with E-state index in [0.717, 1.165) is 11.3 Å². The van der Waals surface area contributed by atoms with Gasteiger partial charge in [0.2, 0.25) is 5.88 Å². The van der Waals surface area contributed by atoms with Gasteiger partial charge < -0.3 is 14.8 Å². The maximum absolute atomic E-state index is 13.2. The fraction of sp³-hybridized carbons (Fsp3) is 0.267. The summed E-state index contributed by atoms with van der Waals surface area (Å²) in [5.74, 6) is 0.768. The van der Waals surface area contributed by atoms with E-state index < -0.39 is 0 Å². The molecule has 1 heterocycles. The predicted octanol–water partition coefficient (Wildman–Crippen LogP) is 3.24. The summed E-state index contributed by atoms with van der Waals surface area (Å²) >= 11 is 0. The van der Waals surface area contributed by atoms with Crippen LogP contribution in [0.3, 0.4) is 0 Å². The Morgan fingerprint density at radius 1 is 1.25 bits per heavy atom. The number of rotatable bonds is 6. The first-order valence-electron chi connectivity index (χ1n) is 6.38. The lowest BCUT2D eigenvalue weighted by molar-refractivity contribution is 0.339. The van der Waals surface area contributed by atoms with Gasteiger partial charge in [0.05, 0.1) is 19.4 Å². The van der Waals surface area contributed by atoms with Crippen LogP contribution in [-0.2, 0) is 6.54 Å². The summed E-state index contributed by atoms with van der Waals surface area (Å²) in [5, 5.41) is 3.21. The Morgan fingerprint density at radius 3 is 2.75 bits per heavy atom. The normalized spacial score (nSPS) is 10.2. The van der Waals surface area contributed by atoms with Crippen LogP contribution in [0.4, 0.5) is 10.1 Å². The Balaban J connectivity index is 2.05. The molecule has 0 radical (unpaired) electrons. The molecule has 0 aliphatic heterocycles. The van der Waals surface area contributed by atoms with Crippen LogP contribution in [0.5, 0.6) is 11.6 Å². The van der Waals surface area contributed by atoms with Crippen molar-refractivity contribution in [3.8, 4) is 11.6 Å². The van der Waals surface area contributed by atoms with Gasteiger partial charge in [-0.15, -0.1) is 0 Å². The first-order chi connectivity index (χ1) is 9.72. The Morgan fingerprint density at radius 2 is 2.10 bits per heavy atom. The first-order valence-corrected chi connectivity index (χ1v) is 6.38. The zero-order chi connectivity index (χ0) is 14.4. The number of methoxy groups -OCH3 is 1. The van der Waals surface area contributed by atoms with Gasteiger partial charge >= 0.3 is 0 Å². The van der Waals surface area contributed by atoms with Crippen molar-refractivity contribution in [2.75, 3.05) is 19.0 Å². The summed E-state index contributed by atoms with van der Waals surface area (Å²) in [7, 11) is 1.58. The van der Waals surface area contributed by atoms with Crippen molar-refractivity contribution in [3.63, 3.8) is 0 Å². The van der Waals surface area contributed by atoms with Gasteiger partial charge in [0.25, 0.3) is 0 Å². The number of anilines is 1. The second kappa shape index (κ2) is 6.75. The number of ether oxygens (including phenoxy) is 2. The van der Waals surface area contributed by atoms with E-state index in [9.17, 15) is 4.39 Å². The number of nitrogens with zero attached hydrogens (tertiary/aromatic N) is 1. The molecule has 0 aliphatic rings. The second-order valence-corrected chi connectivity index (χ2v) is 4.14. The quantitative estimate of drug-likeness (QED) is 0.879. The van der Waals surface area contributed by atoms with Crippen LogP contribution in [0, 0.1) is 5.82 Å². The minimum Gasteiger partial charge on any atom is -0.492 e. The fourth-order valence-electron chi connectivity index (χ4n) is 1.75. The topological polar surface area (TPSA) is 43.4 Å². The van der Waals surface area contributed by atoms with E-state index in [-0.39, 0.29) is 5.82 Å². The molecule has 0 bridgehead atoms. The average Bonchev–Trinajstić information content (AvgIpc) is 2.47. The molecule has 0 fully saturated rings. The SMILES string of the molecule is CCOc1cc(F)ccc1NCc1ccc(OC)nc1. The van der Waals surface area contributed by atoms with Gasteiger partial charge in [-0.05, 0) is 24.6 Å². The maximum Gasteiger partial charge on any atom is 0.212 e. The van der Waals surface area contributed by atoms with Crippen molar-refractivity contribution in [3.05, 3.63) is 47.9 Å². The average molecular weight is 276 g/mol. The molecule has 106 valence electrons. The lowest BCUT2D eigenvalue weighted by Crippen LogP contribution is -2.03. The molecule has 1 N–H and O–H groups in total. The first kappa shape index (κ1) is 14.1.